The first-order valence-corrected chi connectivity index (χ1v) is 6.01. The Kier molecular flexibility index (Phi) is 4.35. The highest BCUT2D eigenvalue weighted by atomic mass is 16.5. The normalized spacial score (nSPS) is 10.5. The van der Waals surface area contributed by atoms with E-state index in [-0.39, 0.29) is 0 Å². The monoisotopic (exact) mass is 262 g/mol. The van der Waals surface area contributed by atoms with E-state index in [2.05, 4.69) is 15.6 Å². The fourth-order valence-electron chi connectivity index (χ4n) is 1.84. The van der Waals surface area contributed by atoms with E-state index in [1.54, 1.807) is 18.9 Å². The number of nitrogens with zero attached hydrogens (tertiary/aromatic N) is 3. The van der Waals surface area contributed by atoms with Crippen molar-refractivity contribution < 1.29 is 9.47 Å². The Hall–Kier alpha value is -2.08. The maximum Gasteiger partial charge on any atom is 0.161 e. The van der Waals surface area contributed by atoms with Crippen LogP contribution in [0.25, 0.3) is 0 Å². The topological polar surface area (TPSA) is 61.2 Å². The van der Waals surface area contributed by atoms with Crippen LogP contribution in [0, 0.1) is 0 Å². The van der Waals surface area contributed by atoms with Crippen LogP contribution in [0.5, 0.6) is 11.5 Å². The first-order chi connectivity index (χ1) is 9.26. The predicted octanol–water partition coefficient (Wildman–Crippen LogP) is 1.06. The molecule has 2 rings (SSSR count). The Morgan fingerprint density at radius 2 is 2.00 bits per heavy atom. The molecule has 0 aliphatic heterocycles. The van der Waals surface area contributed by atoms with E-state index in [4.69, 9.17) is 9.47 Å². The molecule has 1 heterocycles. The molecule has 0 aliphatic rings. The van der Waals surface area contributed by atoms with E-state index >= 15 is 0 Å². The van der Waals surface area contributed by atoms with E-state index < -0.39 is 0 Å². The lowest BCUT2D eigenvalue weighted by Crippen LogP contribution is -2.05. The first kappa shape index (κ1) is 13.4. The van der Waals surface area contributed by atoms with Crippen molar-refractivity contribution in [3.8, 4) is 11.5 Å². The number of aromatic nitrogens is 3. The molecule has 6 nitrogen and oxygen atoms in total. The van der Waals surface area contributed by atoms with Crippen LogP contribution < -0.4 is 14.8 Å². The number of hydrogen-bond donors (Lipinski definition) is 1. The van der Waals surface area contributed by atoms with Gasteiger partial charge >= 0.3 is 0 Å². The third-order valence-electron chi connectivity index (χ3n) is 2.74. The minimum atomic E-state index is 0.650. The van der Waals surface area contributed by atoms with Gasteiger partial charge in [-0.1, -0.05) is 11.3 Å². The highest BCUT2D eigenvalue weighted by Gasteiger charge is 2.06. The van der Waals surface area contributed by atoms with Crippen molar-refractivity contribution in [2.24, 2.45) is 0 Å². The second kappa shape index (κ2) is 6.19. The quantitative estimate of drug-likeness (QED) is 0.843. The second-order valence-corrected chi connectivity index (χ2v) is 4.13. The molecule has 6 heteroatoms. The summed E-state index contributed by atoms with van der Waals surface area (Å²) < 4.78 is 12.3. The van der Waals surface area contributed by atoms with Gasteiger partial charge in [-0.25, -0.2) is 4.68 Å². The van der Waals surface area contributed by atoms with Crippen molar-refractivity contribution in [3.63, 3.8) is 0 Å². The van der Waals surface area contributed by atoms with E-state index in [0.29, 0.717) is 13.1 Å². The van der Waals surface area contributed by atoms with Gasteiger partial charge in [-0.05, 0) is 24.7 Å². The number of hydrogen-bond acceptors (Lipinski definition) is 5. The van der Waals surface area contributed by atoms with Crippen LogP contribution in [0.2, 0.25) is 0 Å². The van der Waals surface area contributed by atoms with Crippen LogP contribution in [0.15, 0.2) is 24.4 Å². The number of methoxy groups -OCH3 is 2. The van der Waals surface area contributed by atoms with Gasteiger partial charge in [0, 0.05) is 6.54 Å². The molecule has 1 N–H and O–H groups in total. The SMILES string of the molecule is CNCc1cn(Cc2ccc(OC)c(OC)c2)nn1. The zero-order valence-corrected chi connectivity index (χ0v) is 11.4. The standard InChI is InChI=1S/C13H18N4O2/c1-14-7-11-9-17(16-15-11)8-10-4-5-12(18-2)13(6-10)19-3/h4-6,9,14H,7-8H2,1-3H3. The van der Waals surface area contributed by atoms with Crippen LogP contribution in [-0.4, -0.2) is 36.3 Å². The minimum absolute atomic E-state index is 0.650. The third kappa shape index (κ3) is 3.23. The van der Waals surface area contributed by atoms with Gasteiger partial charge in [0.1, 0.15) is 0 Å². The summed E-state index contributed by atoms with van der Waals surface area (Å²) in [6.07, 6.45) is 1.92. The van der Waals surface area contributed by atoms with Crippen molar-refractivity contribution >= 4 is 0 Å². The first-order valence-electron chi connectivity index (χ1n) is 6.01. The average Bonchev–Trinajstić information content (AvgIpc) is 2.86. The number of ether oxygens (including phenoxy) is 2. The highest BCUT2D eigenvalue weighted by Crippen LogP contribution is 2.27. The van der Waals surface area contributed by atoms with Gasteiger partial charge in [0.05, 0.1) is 32.7 Å². The van der Waals surface area contributed by atoms with Gasteiger partial charge in [0.2, 0.25) is 0 Å². The summed E-state index contributed by atoms with van der Waals surface area (Å²) in [4.78, 5) is 0. The van der Waals surface area contributed by atoms with Crippen LogP contribution in [0.1, 0.15) is 11.3 Å². The highest BCUT2D eigenvalue weighted by molar-refractivity contribution is 5.42. The molecule has 0 bridgehead atoms. The molecule has 0 spiro atoms. The zero-order valence-electron chi connectivity index (χ0n) is 11.4. The smallest absolute Gasteiger partial charge is 0.161 e. The summed E-state index contributed by atoms with van der Waals surface area (Å²) in [5.74, 6) is 1.44. The molecular weight excluding hydrogens is 244 g/mol. The van der Waals surface area contributed by atoms with E-state index in [1.807, 2.05) is 31.4 Å². The van der Waals surface area contributed by atoms with Gasteiger partial charge < -0.3 is 14.8 Å². The molecule has 0 amide bonds. The molecule has 0 unspecified atom stereocenters. The lowest BCUT2D eigenvalue weighted by atomic mass is 10.2. The zero-order chi connectivity index (χ0) is 13.7. The average molecular weight is 262 g/mol. The molecule has 19 heavy (non-hydrogen) atoms. The predicted molar refractivity (Wildman–Crippen MR) is 71.4 cm³/mol. The fraction of sp³-hybridized carbons (Fsp3) is 0.385. The Bertz CT molecular complexity index is 539. The van der Waals surface area contributed by atoms with Crippen molar-refractivity contribution in [1.29, 1.82) is 0 Å². The second-order valence-electron chi connectivity index (χ2n) is 4.13. The van der Waals surface area contributed by atoms with Crippen molar-refractivity contribution in [2.75, 3.05) is 21.3 Å². The maximum absolute atomic E-state index is 5.28. The Morgan fingerprint density at radius 3 is 2.68 bits per heavy atom. The summed E-state index contributed by atoms with van der Waals surface area (Å²) in [7, 11) is 5.13. The van der Waals surface area contributed by atoms with Gasteiger partial charge in [0.15, 0.2) is 11.5 Å². The summed E-state index contributed by atoms with van der Waals surface area (Å²) in [6.45, 7) is 1.36. The fourth-order valence-corrected chi connectivity index (χ4v) is 1.84. The summed E-state index contributed by atoms with van der Waals surface area (Å²) in [5.41, 5.74) is 2.00. The Balaban J connectivity index is 2.13. The summed E-state index contributed by atoms with van der Waals surface area (Å²) in [5, 5.41) is 11.2. The molecule has 0 saturated heterocycles. The largest absolute Gasteiger partial charge is 0.493 e. The molecule has 0 aliphatic carbocycles. The number of rotatable bonds is 6. The third-order valence-corrected chi connectivity index (χ3v) is 2.74. The van der Waals surface area contributed by atoms with Crippen LogP contribution >= 0.6 is 0 Å². The van der Waals surface area contributed by atoms with E-state index in [0.717, 1.165) is 22.8 Å². The maximum atomic E-state index is 5.28. The van der Waals surface area contributed by atoms with E-state index in [1.165, 1.54) is 0 Å². The van der Waals surface area contributed by atoms with Crippen LogP contribution in [0.4, 0.5) is 0 Å². The van der Waals surface area contributed by atoms with Gasteiger partial charge in [-0.15, -0.1) is 5.10 Å². The molecule has 1 aromatic carbocycles. The Morgan fingerprint density at radius 1 is 1.21 bits per heavy atom. The molecule has 2 aromatic rings. The van der Waals surface area contributed by atoms with Crippen molar-refractivity contribution in [1.82, 2.24) is 20.3 Å². The van der Waals surface area contributed by atoms with Gasteiger partial charge in [-0.3, -0.25) is 0 Å². The molecule has 102 valence electrons. The minimum Gasteiger partial charge on any atom is -0.493 e. The molecule has 0 atom stereocenters. The van der Waals surface area contributed by atoms with Gasteiger partial charge in [-0.2, -0.15) is 0 Å². The van der Waals surface area contributed by atoms with E-state index in [9.17, 15) is 0 Å². The van der Waals surface area contributed by atoms with Crippen LogP contribution in [-0.2, 0) is 13.1 Å². The summed E-state index contributed by atoms with van der Waals surface area (Å²) >= 11 is 0. The molecule has 0 fully saturated rings. The van der Waals surface area contributed by atoms with Gasteiger partial charge in [0.25, 0.3) is 0 Å². The lowest BCUT2D eigenvalue weighted by Gasteiger charge is -2.09. The number of nitrogens with one attached hydrogen (secondary N) is 1. The Labute approximate surface area is 112 Å². The molecular formula is C13H18N4O2. The molecule has 0 saturated carbocycles. The summed E-state index contributed by atoms with van der Waals surface area (Å²) in [6, 6.07) is 5.82. The molecule has 0 radical (unpaired) electrons. The van der Waals surface area contributed by atoms with Crippen LogP contribution in [0.3, 0.4) is 0 Å². The lowest BCUT2D eigenvalue weighted by molar-refractivity contribution is 0.354. The van der Waals surface area contributed by atoms with Crippen molar-refractivity contribution in [3.05, 3.63) is 35.7 Å². The molecule has 1 aromatic heterocycles. The number of benzene rings is 1. The van der Waals surface area contributed by atoms with Crippen molar-refractivity contribution in [2.45, 2.75) is 13.1 Å².